The molecule has 1 atom stereocenters. The van der Waals surface area contributed by atoms with Gasteiger partial charge in [0.05, 0.1) is 22.5 Å². The standard InChI is InChI=1S/C15H18ClN3O2/c1-2-15(3-4-17-8-15)14(21)19-12-5-9-6-13(20)18-11(9)7-10(12)16/h5,7,17H,2-4,6,8H2,1H3,(H,18,20)(H,19,21). The summed E-state index contributed by atoms with van der Waals surface area (Å²) in [6.45, 7) is 3.58. The number of carbonyl (C=O) groups excluding carboxylic acids is 2. The van der Waals surface area contributed by atoms with Gasteiger partial charge in [0.1, 0.15) is 0 Å². The number of amides is 2. The summed E-state index contributed by atoms with van der Waals surface area (Å²) in [5.41, 5.74) is 1.82. The number of hydrogen-bond donors (Lipinski definition) is 3. The van der Waals surface area contributed by atoms with Gasteiger partial charge >= 0.3 is 0 Å². The van der Waals surface area contributed by atoms with E-state index in [0.29, 0.717) is 23.7 Å². The van der Waals surface area contributed by atoms with Crippen LogP contribution in [-0.2, 0) is 16.0 Å². The molecule has 3 N–H and O–H groups in total. The zero-order valence-electron chi connectivity index (χ0n) is 11.9. The minimum absolute atomic E-state index is 0.00543. The molecule has 1 aromatic rings. The van der Waals surface area contributed by atoms with Gasteiger partial charge in [-0.05, 0) is 37.1 Å². The molecule has 0 aromatic heterocycles. The summed E-state index contributed by atoms with van der Waals surface area (Å²) in [4.78, 5) is 24.0. The lowest BCUT2D eigenvalue weighted by atomic mass is 9.83. The molecule has 112 valence electrons. The van der Waals surface area contributed by atoms with Gasteiger partial charge in [0.2, 0.25) is 11.8 Å². The molecule has 1 unspecified atom stereocenters. The van der Waals surface area contributed by atoms with Crippen LogP contribution in [0.3, 0.4) is 0 Å². The molecule has 2 aliphatic rings. The SMILES string of the molecule is CCC1(C(=O)Nc2cc3c(cc2Cl)NC(=O)C3)CCNC1. The van der Waals surface area contributed by atoms with Crippen LogP contribution in [0.15, 0.2) is 12.1 Å². The first-order valence-electron chi connectivity index (χ1n) is 7.18. The summed E-state index contributed by atoms with van der Waals surface area (Å²) >= 11 is 6.21. The van der Waals surface area contributed by atoms with E-state index in [1.807, 2.05) is 6.92 Å². The van der Waals surface area contributed by atoms with Crippen LogP contribution in [0, 0.1) is 5.41 Å². The molecule has 2 heterocycles. The fraction of sp³-hybridized carbons (Fsp3) is 0.467. The Kier molecular flexibility index (Phi) is 3.63. The highest BCUT2D eigenvalue weighted by Gasteiger charge is 2.39. The Balaban J connectivity index is 1.84. The molecule has 6 heteroatoms. The van der Waals surface area contributed by atoms with Crippen molar-refractivity contribution in [3.8, 4) is 0 Å². The summed E-state index contributed by atoms with van der Waals surface area (Å²) in [6, 6.07) is 3.49. The van der Waals surface area contributed by atoms with Gasteiger partial charge in [0, 0.05) is 12.2 Å². The van der Waals surface area contributed by atoms with Gasteiger partial charge in [-0.3, -0.25) is 9.59 Å². The molecule has 0 saturated carbocycles. The molecule has 1 saturated heterocycles. The number of anilines is 2. The Hall–Kier alpha value is -1.59. The normalized spacial score (nSPS) is 23.8. The molecule has 0 radical (unpaired) electrons. The average molecular weight is 308 g/mol. The van der Waals surface area contributed by atoms with Crippen molar-refractivity contribution in [1.29, 1.82) is 0 Å². The zero-order chi connectivity index (χ0) is 15.0. The molecule has 3 rings (SSSR count). The van der Waals surface area contributed by atoms with Crippen LogP contribution in [0.2, 0.25) is 5.02 Å². The summed E-state index contributed by atoms with van der Waals surface area (Å²) in [5, 5.41) is 9.38. The van der Waals surface area contributed by atoms with Crippen molar-refractivity contribution >= 4 is 34.8 Å². The summed E-state index contributed by atoms with van der Waals surface area (Å²) in [7, 11) is 0. The van der Waals surface area contributed by atoms with E-state index in [1.165, 1.54) is 0 Å². The van der Waals surface area contributed by atoms with Crippen molar-refractivity contribution in [2.75, 3.05) is 23.7 Å². The molecule has 21 heavy (non-hydrogen) atoms. The first-order chi connectivity index (χ1) is 10.0. The molecule has 5 nitrogen and oxygen atoms in total. The van der Waals surface area contributed by atoms with Gasteiger partial charge in [-0.25, -0.2) is 0 Å². The summed E-state index contributed by atoms with van der Waals surface area (Å²) < 4.78 is 0. The van der Waals surface area contributed by atoms with E-state index in [-0.39, 0.29) is 17.2 Å². The Morgan fingerprint density at radius 2 is 2.29 bits per heavy atom. The predicted molar refractivity (Wildman–Crippen MR) is 82.6 cm³/mol. The maximum atomic E-state index is 12.6. The second-order valence-corrected chi connectivity index (χ2v) is 6.14. The number of nitrogens with one attached hydrogen (secondary N) is 3. The maximum Gasteiger partial charge on any atom is 0.231 e. The second kappa shape index (κ2) is 5.31. The van der Waals surface area contributed by atoms with Gasteiger partial charge in [-0.1, -0.05) is 18.5 Å². The van der Waals surface area contributed by atoms with E-state index >= 15 is 0 Å². The van der Waals surface area contributed by atoms with Gasteiger partial charge in [-0.2, -0.15) is 0 Å². The molecule has 0 bridgehead atoms. The maximum absolute atomic E-state index is 12.6. The van der Waals surface area contributed by atoms with Crippen LogP contribution in [0.5, 0.6) is 0 Å². The van der Waals surface area contributed by atoms with Crippen LogP contribution in [0.4, 0.5) is 11.4 Å². The first-order valence-corrected chi connectivity index (χ1v) is 7.56. The van der Waals surface area contributed by atoms with Crippen LogP contribution in [-0.4, -0.2) is 24.9 Å². The third-order valence-corrected chi connectivity index (χ3v) is 4.78. The van der Waals surface area contributed by atoms with Gasteiger partial charge < -0.3 is 16.0 Å². The fourth-order valence-electron chi connectivity index (χ4n) is 3.00. The third kappa shape index (κ3) is 2.51. The Labute approximate surface area is 128 Å². The minimum atomic E-state index is -0.365. The minimum Gasteiger partial charge on any atom is -0.325 e. The number of hydrogen-bond acceptors (Lipinski definition) is 3. The van der Waals surface area contributed by atoms with Crippen LogP contribution in [0.1, 0.15) is 25.3 Å². The Bertz CT molecular complexity index is 609. The number of carbonyl (C=O) groups is 2. The van der Waals surface area contributed by atoms with E-state index in [0.717, 1.165) is 30.6 Å². The van der Waals surface area contributed by atoms with E-state index < -0.39 is 0 Å². The van der Waals surface area contributed by atoms with Gasteiger partial charge in [0.15, 0.2) is 0 Å². The highest BCUT2D eigenvalue weighted by Crippen LogP contribution is 2.35. The molecule has 2 aliphatic heterocycles. The highest BCUT2D eigenvalue weighted by molar-refractivity contribution is 6.34. The quantitative estimate of drug-likeness (QED) is 0.801. The molecular weight excluding hydrogens is 290 g/mol. The van der Waals surface area contributed by atoms with Gasteiger partial charge in [0.25, 0.3) is 0 Å². The van der Waals surface area contributed by atoms with Gasteiger partial charge in [-0.15, -0.1) is 0 Å². The molecule has 1 aromatic carbocycles. The van der Waals surface area contributed by atoms with Crippen molar-refractivity contribution in [1.82, 2.24) is 5.32 Å². The zero-order valence-corrected chi connectivity index (χ0v) is 12.6. The lowest BCUT2D eigenvalue weighted by Crippen LogP contribution is -2.37. The van der Waals surface area contributed by atoms with E-state index in [9.17, 15) is 9.59 Å². The van der Waals surface area contributed by atoms with Crippen molar-refractivity contribution in [3.05, 3.63) is 22.7 Å². The fourth-order valence-corrected chi connectivity index (χ4v) is 3.21. The lowest BCUT2D eigenvalue weighted by molar-refractivity contribution is -0.124. The van der Waals surface area contributed by atoms with Crippen molar-refractivity contribution in [2.24, 2.45) is 5.41 Å². The average Bonchev–Trinajstić information content (AvgIpc) is 3.05. The molecular formula is C15H18ClN3O2. The van der Waals surface area contributed by atoms with E-state index in [2.05, 4.69) is 16.0 Å². The molecule has 0 spiro atoms. The topological polar surface area (TPSA) is 70.2 Å². The molecule has 2 amide bonds. The predicted octanol–water partition coefficient (Wildman–Crippen LogP) is 2.16. The van der Waals surface area contributed by atoms with Crippen LogP contribution >= 0.6 is 11.6 Å². The largest absolute Gasteiger partial charge is 0.325 e. The number of halogens is 1. The number of fused-ring (bicyclic) bond motifs is 1. The number of benzene rings is 1. The Morgan fingerprint density at radius 3 is 2.95 bits per heavy atom. The Morgan fingerprint density at radius 1 is 1.48 bits per heavy atom. The number of rotatable bonds is 3. The third-order valence-electron chi connectivity index (χ3n) is 4.47. The summed E-state index contributed by atoms with van der Waals surface area (Å²) in [6.07, 6.45) is 1.95. The highest BCUT2D eigenvalue weighted by atomic mass is 35.5. The smallest absolute Gasteiger partial charge is 0.231 e. The van der Waals surface area contributed by atoms with E-state index in [4.69, 9.17) is 11.6 Å². The van der Waals surface area contributed by atoms with E-state index in [1.54, 1.807) is 12.1 Å². The van der Waals surface area contributed by atoms with Crippen molar-refractivity contribution in [3.63, 3.8) is 0 Å². The van der Waals surface area contributed by atoms with Crippen molar-refractivity contribution < 1.29 is 9.59 Å². The van der Waals surface area contributed by atoms with Crippen LogP contribution < -0.4 is 16.0 Å². The monoisotopic (exact) mass is 307 g/mol. The molecule has 0 aliphatic carbocycles. The second-order valence-electron chi connectivity index (χ2n) is 5.73. The lowest BCUT2D eigenvalue weighted by Gasteiger charge is -2.25. The van der Waals surface area contributed by atoms with Crippen LogP contribution in [0.25, 0.3) is 0 Å². The first kappa shape index (κ1) is 14.4. The van der Waals surface area contributed by atoms with Crippen molar-refractivity contribution in [2.45, 2.75) is 26.2 Å². The molecule has 1 fully saturated rings. The summed E-state index contributed by atoms with van der Waals surface area (Å²) in [5.74, 6) is -0.0521.